The highest BCUT2D eigenvalue weighted by Crippen LogP contribution is 2.46. The normalized spacial score (nSPS) is 11.9. The summed E-state index contributed by atoms with van der Waals surface area (Å²) in [4.78, 5) is 0. The molecular formula is C97H64BrN5. The number of hydrogen-bond acceptors (Lipinski definition) is 0. The Morgan fingerprint density at radius 2 is 0.495 bits per heavy atom. The molecule has 5 heterocycles. The highest BCUT2D eigenvalue weighted by molar-refractivity contribution is 9.10. The molecule has 5 aromatic heterocycles. The Balaban J connectivity index is 0.000000114. The second kappa shape index (κ2) is 24.7. The summed E-state index contributed by atoms with van der Waals surface area (Å²) in [6.07, 6.45) is 1.01. The number of aromatic nitrogens is 5. The van der Waals surface area contributed by atoms with E-state index < -0.39 is 0 Å². The summed E-state index contributed by atoms with van der Waals surface area (Å²) in [6.45, 7) is 0. The minimum atomic E-state index is 1.01. The van der Waals surface area contributed by atoms with Crippen LogP contribution in [0.3, 0.4) is 0 Å². The average molecular weight is 1380 g/mol. The van der Waals surface area contributed by atoms with Crippen molar-refractivity contribution in [1.29, 1.82) is 0 Å². The Morgan fingerprint density at radius 3 is 0.932 bits per heavy atom. The number of fused-ring (bicyclic) bond motifs is 20. The van der Waals surface area contributed by atoms with Gasteiger partial charge in [0.25, 0.3) is 0 Å². The molecular weight excluding hydrogens is 1320 g/mol. The number of rotatable bonds is 7. The maximum absolute atomic E-state index is 3.52. The van der Waals surface area contributed by atoms with Crippen molar-refractivity contribution in [2.75, 3.05) is 0 Å². The highest BCUT2D eigenvalue weighted by atomic mass is 79.9. The molecule has 0 aliphatic heterocycles. The molecule has 0 bridgehead atoms. The predicted molar refractivity (Wildman–Crippen MR) is 438 cm³/mol. The summed E-state index contributed by atoms with van der Waals surface area (Å²) in [6, 6.07) is 136. The number of para-hydroxylation sites is 9. The number of hydrogen-bond donors (Lipinski definition) is 0. The number of halogens is 1. The smallest absolute Gasteiger partial charge is 0.0788 e. The number of benzene rings is 16. The Hall–Kier alpha value is -13.0. The lowest BCUT2D eigenvalue weighted by Crippen LogP contribution is -1.98. The Bertz CT molecular complexity index is 6860. The van der Waals surface area contributed by atoms with E-state index in [0.717, 1.165) is 22.3 Å². The summed E-state index contributed by atoms with van der Waals surface area (Å²) < 4.78 is 13.2. The van der Waals surface area contributed by atoms with Crippen LogP contribution in [0.5, 0.6) is 0 Å². The second-order valence-electron chi connectivity index (χ2n) is 26.8. The molecule has 6 heteroatoms. The molecule has 484 valence electrons. The quantitative estimate of drug-likeness (QED) is 0.152. The van der Waals surface area contributed by atoms with E-state index in [4.69, 9.17) is 0 Å². The van der Waals surface area contributed by atoms with Crippen LogP contribution in [0, 0.1) is 0 Å². The van der Waals surface area contributed by atoms with Crippen LogP contribution in [0.25, 0.3) is 171 Å². The molecule has 0 saturated heterocycles. The van der Waals surface area contributed by atoms with Gasteiger partial charge in [0.1, 0.15) is 0 Å². The Morgan fingerprint density at radius 1 is 0.194 bits per heavy atom. The fourth-order valence-corrected chi connectivity index (χ4v) is 16.9. The Labute approximate surface area is 603 Å². The summed E-state index contributed by atoms with van der Waals surface area (Å²) in [5.74, 6) is 0. The fourth-order valence-electron chi connectivity index (χ4n) is 16.6. The van der Waals surface area contributed by atoms with E-state index in [1.54, 1.807) is 0 Å². The molecule has 0 radical (unpaired) electrons. The molecule has 0 fully saturated rings. The third kappa shape index (κ3) is 9.89. The van der Waals surface area contributed by atoms with Crippen LogP contribution in [0.1, 0.15) is 11.1 Å². The SMILES string of the molecule is Brc1ccc(-c2ccc3c(c2)c2ccccc2n3-c2ccccc2)cc1.c1ccc(-n2c3ccccc3c3cc(-c4ccc(-n5c6ccccc6c6ccc7c8ccccc8n(-c8ccccc8)c7c65)cc4)ccc32)cc1.c1ccc(-n2c3ccccc3c3ccc4c(c32)Cc2ccccc2-4)cc1. The first kappa shape index (κ1) is 60.0. The van der Waals surface area contributed by atoms with Crippen LogP contribution >= 0.6 is 15.9 Å². The predicted octanol–water partition coefficient (Wildman–Crippen LogP) is 26.2. The highest BCUT2D eigenvalue weighted by Gasteiger charge is 2.26. The molecule has 0 N–H and O–H groups in total. The summed E-state index contributed by atoms with van der Waals surface area (Å²) in [5, 5.41) is 12.8. The van der Waals surface area contributed by atoms with Gasteiger partial charge in [-0.15, -0.1) is 0 Å². The number of nitrogens with zero attached hydrogens (tertiary/aromatic N) is 5. The van der Waals surface area contributed by atoms with Crippen molar-refractivity contribution in [2.24, 2.45) is 0 Å². The van der Waals surface area contributed by atoms with Crippen molar-refractivity contribution in [3.63, 3.8) is 0 Å². The van der Waals surface area contributed by atoms with Gasteiger partial charge in [0.05, 0.1) is 55.2 Å². The largest absolute Gasteiger partial charge is 0.309 e. The van der Waals surface area contributed by atoms with Crippen molar-refractivity contribution < 1.29 is 0 Å². The van der Waals surface area contributed by atoms with Gasteiger partial charge in [-0.2, -0.15) is 0 Å². The van der Waals surface area contributed by atoms with Crippen LogP contribution < -0.4 is 0 Å². The van der Waals surface area contributed by atoms with Crippen molar-refractivity contribution in [3.8, 4) is 61.8 Å². The lowest BCUT2D eigenvalue weighted by Gasteiger charge is -2.13. The molecule has 0 amide bonds. The minimum Gasteiger partial charge on any atom is -0.309 e. The first-order chi connectivity index (χ1) is 51.1. The van der Waals surface area contributed by atoms with E-state index >= 15 is 0 Å². The van der Waals surface area contributed by atoms with E-state index in [2.05, 4.69) is 415 Å². The molecule has 0 saturated carbocycles. The Kier molecular flexibility index (Phi) is 14.4. The lowest BCUT2D eigenvalue weighted by molar-refractivity contribution is 1.15. The van der Waals surface area contributed by atoms with E-state index in [1.807, 2.05) is 0 Å². The van der Waals surface area contributed by atoms with Gasteiger partial charge in [0, 0.05) is 93.2 Å². The minimum absolute atomic E-state index is 1.01. The van der Waals surface area contributed by atoms with Crippen LogP contribution in [0.15, 0.2) is 381 Å². The standard InChI is InChI=1S/C48H31N3.C25H17N.C24H16BrN/c1-3-13-34(14-4-1)49-43-20-10-9-19-39(43)42-31-33(25-30-46(42)49)32-23-26-36(27-24-32)51-45-22-12-8-18-38(45)41-29-28-40-37-17-7-11-21-44(37)50(47(40)48(41)51)35-15-5-2-6-16-35;1-2-9-18(10-3-1)26-24-13-7-6-12-21(24)22-15-14-20-19-11-5-4-8-17(19)16-23(20)25(22)26;25-19-13-10-17(11-14-19)18-12-15-24-22(16-18)21-8-4-5-9-23(21)26(24)20-6-2-1-3-7-20/h1-31H;1-15H,16H2;1-16H. The van der Waals surface area contributed by atoms with Gasteiger partial charge in [-0.05, 0) is 172 Å². The molecule has 5 nitrogen and oxygen atoms in total. The maximum Gasteiger partial charge on any atom is 0.0788 e. The molecule has 0 atom stereocenters. The maximum atomic E-state index is 3.52. The van der Waals surface area contributed by atoms with Crippen molar-refractivity contribution in [1.82, 2.24) is 22.8 Å². The lowest BCUT2D eigenvalue weighted by atomic mass is 10.0. The van der Waals surface area contributed by atoms with E-state index in [9.17, 15) is 0 Å². The second-order valence-corrected chi connectivity index (χ2v) is 27.7. The van der Waals surface area contributed by atoms with Gasteiger partial charge in [0.2, 0.25) is 0 Å². The van der Waals surface area contributed by atoms with Gasteiger partial charge < -0.3 is 22.8 Å². The van der Waals surface area contributed by atoms with Crippen molar-refractivity contribution >= 4 is 125 Å². The van der Waals surface area contributed by atoms with Crippen LogP contribution in [0.4, 0.5) is 0 Å². The van der Waals surface area contributed by atoms with Gasteiger partial charge in [-0.1, -0.05) is 265 Å². The summed E-state index contributed by atoms with van der Waals surface area (Å²) in [7, 11) is 0. The molecule has 0 spiro atoms. The molecule has 16 aromatic carbocycles. The van der Waals surface area contributed by atoms with Crippen LogP contribution in [-0.4, -0.2) is 22.8 Å². The average Bonchev–Trinajstić information content (AvgIpc) is 1.57. The first-order valence-corrected chi connectivity index (χ1v) is 36.1. The van der Waals surface area contributed by atoms with Gasteiger partial charge >= 0.3 is 0 Å². The molecule has 21 aromatic rings. The zero-order valence-corrected chi connectivity index (χ0v) is 57.7. The van der Waals surface area contributed by atoms with E-state index in [1.165, 1.54) is 171 Å². The molecule has 1 aliphatic carbocycles. The third-order valence-corrected chi connectivity index (χ3v) is 21.7. The van der Waals surface area contributed by atoms with Crippen molar-refractivity contribution in [3.05, 3.63) is 392 Å². The van der Waals surface area contributed by atoms with Gasteiger partial charge in [-0.3, -0.25) is 0 Å². The van der Waals surface area contributed by atoms with Crippen LogP contribution in [0.2, 0.25) is 0 Å². The third-order valence-electron chi connectivity index (χ3n) is 21.1. The summed E-state index contributed by atoms with van der Waals surface area (Å²) in [5.41, 5.74) is 28.8. The monoisotopic (exact) mass is 1380 g/mol. The zero-order valence-electron chi connectivity index (χ0n) is 56.1. The molecule has 103 heavy (non-hydrogen) atoms. The zero-order chi connectivity index (χ0) is 68.1. The fraction of sp³-hybridized carbons (Fsp3) is 0.0103. The summed E-state index contributed by atoms with van der Waals surface area (Å²) >= 11 is 3.52. The van der Waals surface area contributed by atoms with E-state index in [0.29, 0.717) is 0 Å². The first-order valence-electron chi connectivity index (χ1n) is 35.3. The van der Waals surface area contributed by atoms with Gasteiger partial charge in [0.15, 0.2) is 0 Å². The van der Waals surface area contributed by atoms with E-state index in [-0.39, 0.29) is 0 Å². The van der Waals surface area contributed by atoms with Crippen molar-refractivity contribution in [2.45, 2.75) is 6.42 Å². The topological polar surface area (TPSA) is 24.6 Å². The molecule has 22 rings (SSSR count). The molecule has 0 unspecified atom stereocenters. The van der Waals surface area contributed by atoms with Gasteiger partial charge in [-0.25, -0.2) is 0 Å². The molecule has 1 aliphatic rings. The van der Waals surface area contributed by atoms with Crippen LogP contribution in [-0.2, 0) is 6.42 Å².